The smallest absolute Gasteiger partial charge is 0.142 e. The molecule has 4 heteroatoms. The van der Waals surface area contributed by atoms with E-state index < -0.39 is 0 Å². The Hall–Kier alpha value is -1.42. The number of benzene rings is 1. The molecule has 1 aliphatic rings. The van der Waals surface area contributed by atoms with Crippen LogP contribution in [0.3, 0.4) is 0 Å². The van der Waals surface area contributed by atoms with E-state index in [0.717, 1.165) is 29.3 Å². The van der Waals surface area contributed by atoms with E-state index in [-0.39, 0.29) is 12.5 Å². The topological polar surface area (TPSA) is 50.7 Å². The molecule has 1 aliphatic heterocycles. The standard InChI is InChI=1S/C11H15NO3/c1-14-8-3-4-9(15-2)11-10(8)7(6-13)5-12-11/h3-4,7,12-13H,5-6H2,1-2H3. The van der Waals surface area contributed by atoms with Crippen LogP contribution in [-0.2, 0) is 0 Å². The van der Waals surface area contributed by atoms with Gasteiger partial charge in [-0.2, -0.15) is 0 Å². The van der Waals surface area contributed by atoms with Crippen LogP contribution in [-0.4, -0.2) is 32.5 Å². The van der Waals surface area contributed by atoms with Gasteiger partial charge in [-0.3, -0.25) is 0 Å². The molecule has 0 amide bonds. The van der Waals surface area contributed by atoms with E-state index in [1.165, 1.54) is 0 Å². The summed E-state index contributed by atoms with van der Waals surface area (Å²) in [6.07, 6.45) is 0. The zero-order chi connectivity index (χ0) is 10.8. The summed E-state index contributed by atoms with van der Waals surface area (Å²) >= 11 is 0. The molecule has 1 unspecified atom stereocenters. The number of hydrogen-bond acceptors (Lipinski definition) is 4. The summed E-state index contributed by atoms with van der Waals surface area (Å²) in [5, 5.41) is 12.5. The molecule has 0 aromatic heterocycles. The fourth-order valence-electron chi connectivity index (χ4n) is 2.00. The summed E-state index contributed by atoms with van der Waals surface area (Å²) in [5.41, 5.74) is 1.95. The molecular formula is C11H15NO3. The van der Waals surface area contributed by atoms with Crippen LogP contribution in [0.4, 0.5) is 5.69 Å². The van der Waals surface area contributed by atoms with Gasteiger partial charge >= 0.3 is 0 Å². The number of rotatable bonds is 3. The molecule has 0 spiro atoms. The maximum atomic E-state index is 9.26. The summed E-state index contributed by atoms with van der Waals surface area (Å²) < 4.78 is 10.5. The van der Waals surface area contributed by atoms with Gasteiger partial charge in [0.1, 0.15) is 11.5 Å². The second-order valence-electron chi connectivity index (χ2n) is 3.52. The largest absolute Gasteiger partial charge is 0.496 e. The first-order chi connectivity index (χ1) is 7.31. The Bertz CT molecular complexity index is 365. The molecular weight excluding hydrogens is 194 g/mol. The molecule has 0 saturated heterocycles. The average Bonchev–Trinajstić information content (AvgIpc) is 2.71. The lowest BCUT2D eigenvalue weighted by atomic mass is 10.0. The molecule has 1 atom stereocenters. The number of anilines is 1. The van der Waals surface area contributed by atoms with Gasteiger partial charge in [0.25, 0.3) is 0 Å². The van der Waals surface area contributed by atoms with Crippen LogP contribution in [0.2, 0.25) is 0 Å². The van der Waals surface area contributed by atoms with Gasteiger partial charge in [-0.15, -0.1) is 0 Å². The van der Waals surface area contributed by atoms with Crippen LogP contribution in [0.25, 0.3) is 0 Å². The number of fused-ring (bicyclic) bond motifs is 1. The van der Waals surface area contributed by atoms with Gasteiger partial charge < -0.3 is 19.9 Å². The lowest BCUT2D eigenvalue weighted by molar-refractivity contribution is 0.270. The van der Waals surface area contributed by atoms with E-state index in [4.69, 9.17) is 9.47 Å². The molecule has 2 N–H and O–H groups in total. The van der Waals surface area contributed by atoms with Crippen LogP contribution in [0.5, 0.6) is 11.5 Å². The van der Waals surface area contributed by atoms with E-state index in [9.17, 15) is 5.11 Å². The summed E-state index contributed by atoms with van der Waals surface area (Å²) in [6.45, 7) is 0.839. The minimum atomic E-state index is 0.0880. The van der Waals surface area contributed by atoms with Gasteiger partial charge in [0.05, 0.1) is 26.5 Å². The Morgan fingerprint density at radius 2 is 2.00 bits per heavy atom. The number of aliphatic hydroxyl groups is 1. The zero-order valence-corrected chi connectivity index (χ0v) is 8.91. The van der Waals surface area contributed by atoms with E-state index in [2.05, 4.69) is 5.32 Å². The first-order valence-corrected chi connectivity index (χ1v) is 4.91. The molecule has 2 rings (SSSR count). The lowest BCUT2D eigenvalue weighted by Gasteiger charge is -2.13. The molecule has 0 aliphatic carbocycles. The Morgan fingerprint density at radius 3 is 2.60 bits per heavy atom. The normalized spacial score (nSPS) is 18.2. The molecule has 1 aromatic carbocycles. The first-order valence-electron chi connectivity index (χ1n) is 4.91. The van der Waals surface area contributed by atoms with Crippen molar-refractivity contribution in [1.29, 1.82) is 0 Å². The maximum Gasteiger partial charge on any atom is 0.142 e. The summed E-state index contributed by atoms with van der Waals surface area (Å²) in [4.78, 5) is 0. The fraction of sp³-hybridized carbons (Fsp3) is 0.455. The number of nitrogens with one attached hydrogen (secondary N) is 1. The van der Waals surface area contributed by atoms with Crippen LogP contribution in [0.15, 0.2) is 12.1 Å². The summed E-state index contributed by atoms with van der Waals surface area (Å²) in [5.74, 6) is 1.68. The van der Waals surface area contributed by atoms with Crippen molar-refractivity contribution < 1.29 is 14.6 Å². The Morgan fingerprint density at radius 1 is 1.33 bits per heavy atom. The zero-order valence-electron chi connectivity index (χ0n) is 8.91. The summed E-state index contributed by atoms with van der Waals surface area (Å²) in [7, 11) is 3.27. The molecule has 1 aromatic rings. The number of methoxy groups -OCH3 is 2. The molecule has 82 valence electrons. The quantitative estimate of drug-likeness (QED) is 0.785. The first kappa shape index (κ1) is 10.1. The molecule has 0 radical (unpaired) electrons. The third kappa shape index (κ3) is 1.51. The predicted octanol–water partition coefficient (Wildman–Crippen LogP) is 1.21. The van der Waals surface area contributed by atoms with Crippen molar-refractivity contribution in [3.05, 3.63) is 17.7 Å². The third-order valence-electron chi connectivity index (χ3n) is 2.76. The average molecular weight is 209 g/mol. The van der Waals surface area contributed by atoms with Gasteiger partial charge in [0.2, 0.25) is 0 Å². The van der Waals surface area contributed by atoms with Crippen molar-refractivity contribution >= 4 is 5.69 Å². The third-order valence-corrected chi connectivity index (χ3v) is 2.76. The van der Waals surface area contributed by atoms with E-state index in [0.29, 0.717) is 0 Å². The van der Waals surface area contributed by atoms with Crippen LogP contribution >= 0.6 is 0 Å². The van der Waals surface area contributed by atoms with E-state index in [1.807, 2.05) is 12.1 Å². The van der Waals surface area contributed by atoms with Crippen molar-refractivity contribution in [2.75, 3.05) is 32.7 Å². The van der Waals surface area contributed by atoms with Gasteiger partial charge in [0.15, 0.2) is 0 Å². The highest BCUT2D eigenvalue weighted by Gasteiger charge is 2.28. The van der Waals surface area contributed by atoms with Crippen molar-refractivity contribution in [1.82, 2.24) is 0 Å². The molecule has 1 heterocycles. The van der Waals surface area contributed by atoms with Crippen molar-refractivity contribution in [2.24, 2.45) is 0 Å². The molecule has 0 saturated carbocycles. The van der Waals surface area contributed by atoms with Crippen molar-refractivity contribution in [3.8, 4) is 11.5 Å². The molecule has 0 bridgehead atoms. The predicted molar refractivity (Wildman–Crippen MR) is 57.9 cm³/mol. The van der Waals surface area contributed by atoms with Crippen molar-refractivity contribution in [3.63, 3.8) is 0 Å². The van der Waals surface area contributed by atoms with E-state index in [1.54, 1.807) is 14.2 Å². The SMILES string of the molecule is COc1ccc(OC)c2c1NCC2CO. The van der Waals surface area contributed by atoms with Crippen LogP contribution in [0, 0.1) is 0 Å². The summed E-state index contributed by atoms with van der Waals surface area (Å²) in [6, 6.07) is 3.73. The highest BCUT2D eigenvalue weighted by molar-refractivity contribution is 5.71. The number of hydrogen-bond donors (Lipinski definition) is 2. The highest BCUT2D eigenvalue weighted by atomic mass is 16.5. The molecule has 15 heavy (non-hydrogen) atoms. The van der Waals surface area contributed by atoms with Crippen molar-refractivity contribution in [2.45, 2.75) is 5.92 Å². The van der Waals surface area contributed by atoms with Gasteiger partial charge in [-0.1, -0.05) is 0 Å². The highest BCUT2D eigenvalue weighted by Crippen LogP contribution is 2.43. The number of aliphatic hydroxyl groups excluding tert-OH is 1. The second kappa shape index (κ2) is 3.98. The second-order valence-corrected chi connectivity index (χ2v) is 3.52. The van der Waals surface area contributed by atoms with E-state index >= 15 is 0 Å². The van der Waals surface area contributed by atoms with Crippen LogP contribution in [0.1, 0.15) is 11.5 Å². The van der Waals surface area contributed by atoms with Crippen LogP contribution < -0.4 is 14.8 Å². The Labute approximate surface area is 88.8 Å². The van der Waals surface area contributed by atoms with Gasteiger partial charge in [0, 0.05) is 18.0 Å². The maximum absolute atomic E-state index is 9.26. The minimum absolute atomic E-state index is 0.0880. The lowest BCUT2D eigenvalue weighted by Crippen LogP contribution is -2.06. The Balaban J connectivity index is 2.52. The Kier molecular flexibility index (Phi) is 2.68. The van der Waals surface area contributed by atoms with Gasteiger partial charge in [-0.05, 0) is 12.1 Å². The van der Waals surface area contributed by atoms with Gasteiger partial charge in [-0.25, -0.2) is 0 Å². The monoisotopic (exact) mass is 209 g/mol. The molecule has 4 nitrogen and oxygen atoms in total. The number of ether oxygens (including phenoxy) is 2. The fourth-order valence-corrected chi connectivity index (χ4v) is 2.00. The molecule has 0 fully saturated rings. The minimum Gasteiger partial charge on any atom is -0.496 e.